The average molecular weight is 317 g/mol. The fourth-order valence-electron chi connectivity index (χ4n) is 4.42. The first-order chi connectivity index (χ1) is 11.8. The number of aromatic nitrogens is 1. The quantitative estimate of drug-likeness (QED) is 0.725. The first kappa shape index (κ1) is 13.8. The number of rotatable bonds is 1. The topological polar surface area (TPSA) is 48.1 Å². The van der Waals surface area contributed by atoms with Crippen molar-refractivity contribution in [3.8, 4) is 0 Å². The first-order valence-corrected chi connectivity index (χ1v) is 8.54. The van der Waals surface area contributed by atoms with Gasteiger partial charge in [-0.2, -0.15) is 0 Å². The number of fused-ring (bicyclic) bond motifs is 6. The van der Waals surface area contributed by atoms with Crippen molar-refractivity contribution in [3.63, 3.8) is 0 Å². The molecule has 0 fully saturated rings. The number of para-hydroxylation sites is 2. The summed E-state index contributed by atoms with van der Waals surface area (Å²) < 4.78 is 0. The van der Waals surface area contributed by atoms with Crippen LogP contribution in [0.15, 0.2) is 48.5 Å². The maximum atomic E-state index is 13.5. The number of hydrogen-bond donors (Lipinski definition) is 2. The van der Waals surface area contributed by atoms with Crippen LogP contribution < -0.4 is 10.2 Å². The number of nitrogens with zero attached hydrogens (tertiary/aromatic N) is 1. The Morgan fingerprint density at radius 3 is 2.79 bits per heavy atom. The number of carbonyl (C=O) groups is 1. The summed E-state index contributed by atoms with van der Waals surface area (Å²) in [5.41, 5.74) is 4.69. The number of nitrogens with one attached hydrogen (secondary N) is 2. The summed E-state index contributed by atoms with van der Waals surface area (Å²) in [5.74, 6) is 0.124. The van der Waals surface area contributed by atoms with Crippen LogP contribution >= 0.6 is 0 Å². The van der Waals surface area contributed by atoms with E-state index in [1.807, 2.05) is 36.1 Å². The molecular weight excluding hydrogens is 298 g/mol. The minimum Gasteiger partial charge on any atom is -0.356 e. The largest absolute Gasteiger partial charge is 0.356 e. The molecule has 0 saturated heterocycles. The molecule has 2 N–H and O–H groups in total. The van der Waals surface area contributed by atoms with Gasteiger partial charge in [-0.05, 0) is 31.0 Å². The van der Waals surface area contributed by atoms with Crippen LogP contribution in [0.5, 0.6) is 0 Å². The number of benzene rings is 2. The molecule has 2 aromatic carbocycles. The van der Waals surface area contributed by atoms with E-state index >= 15 is 0 Å². The van der Waals surface area contributed by atoms with Gasteiger partial charge < -0.3 is 9.88 Å². The van der Waals surface area contributed by atoms with E-state index in [9.17, 15) is 4.79 Å². The lowest BCUT2D eigenvalue weighted by Gasteiger charge is -2.34. The Balaban J connectivity index is 1.86. The first-order valence-electron chi connectivity index (χ1n) is 8.54. The molecule has 5 rings (SSSR count). The smallest absolute Gasteiger partial charge is 0.258 e. The third kappa shape index (κ3) is 1.49. The van der Waals surface area contributed by atoms with E-state index in [-0.39, 0.29) is 5.91 Å². The zero-order chi connectivity index (χ0) is 16.3. The molecule has 1 aromatic heterocycles. The maximum absolute atomic E-state index is 13.5. The van der Waals surface area contributed by atoms with E-state index in [1.165, 1.54) is 10.9 Å². The highest BCUT2D eigenvalue weighted by Crippen LogP contribution is 2.47. The third-order valence-electron chi connectivity index (χ3n) is 5.43. The molecule has 1 amide bonds. The summed E-state index contributed by atoms with van der Waals surface area (Å²) in [6, 6.07) is 16.5. The van der Waals surface area contributed by atoms with Crippen molar-refractivity contribution >= 4 is 22.5 Å². The lowest BCUT2D eigenvalue weighted by molar-refractivity contribution is -0.123. The second kappa shape index (κ2) is 4.71. The van der Waals surface area contributed by atoms with Crippen molar-refractivity contribution in [2.75, 3.05) is 18.0 Å². The van der Waals surface area contributed by atoms with Gasteiger partial charge in [0.1, 0.15) is 0 Å². The van der Waals surface area contributed by atoms with Gasteiger partial charge in [-0.3, -0.25) is 10.1 Å². The normalized spacial score (nSPS) is 22.2. The zero-order valence-corrected chi connectivity index (χ0v) is 13.6. The van der Waals surface area contributed by atoms with Crippen LogP contribution in [0.4, 0.5) is 5.69 Å². The van der Waals surface area contributed by atoms with Crippen molar-refractivity contribution < 1.29 is 4.79 Å². The van der Waals surface area contributed by atoms with Gasteiger partial charge in [0.25, 0.3) is 5.91 Å². The molecule has 0 aliphatic carbocycles. The standard InChI is InChI=1S/C20H19N3O/c1-2-23-17-10-6-4-8-15(17)20(19(23)24)18-14(11-12-21-20)13-7-3-5-9-16(13)22-18/h3-10,21-22H,2,11-12H2,1H3. The highest BCUT2D eigenvalue weighted by molar-refractivity contribution is 6.11. The Bertz CT molecular complexity index is 974. The summed E-state index contributed by atoms with van der Waals surface area (Å²) >= 11 is 0. The molecule has 1 unspecified atom stereocenters. The van der Waals surface area contributed by atoms with Gasteiger partial charge in [-0.1, -0.05) is 36.4 Å². The number of anilines is 1. The summed E-state index contributed by atoms with van der Waals surface area (Å²) in [5, 5.41) is 4.79. The Hall–Kier alpha value is -2.59. The number of aromatic amines is 1. The van der Waals surface area contributed by atoms with Crippen LogP contribution in [0, 0.1) is 0 Å². The van der Waals surface area contributed by atoms with Gasteiger partial charge in [0.05, 0.1) is 5.69 Å². The molecule has 2 aliphatic rings. The van der Waals surface area contributed by atoms with Crippen LogP contribution in [0.25, 0.3) is 10.9 Å². The van der Waals surface area contributed by atoms with Crippen LogP contribution in [0.1, 0.15) is 23.7 Å². The zero-order valence-electron chi connectivity index (χ0n) is 13.6. The molecule has 2 aliphatic heterocycles. The highest BCUT2D eigenvalue weighted by atomic mass is 16.2. The number of hydrogen-bond acceptors (Lipinski definition) is 2. The average Bonchev–Trinajstić information content (AvgIpc) is 3.11. The summed E-state index contributed by atoms with van der Waals surface area (Å²) in [6.07, 6.45) is 0.933. The molecule has 120 valence electrons. The number of amides is 1. The molecule has 24 heavy (non-hydrogen) atoms. The fraction of sp³-hybridized carbons (Fsp3) is 0.250. The van der Waals surface area contributed by atoms with Gasteiger partial charge in [0.15, 0.2) is 5.54 Å². The van der Waals surface area contributed by atoms with E-state index in [0.29, 0.717) is 6.54 Å². The van der Waals surface area contributed by atoms with Crippen molar-refractivity contribution in [3.05, 3.63) is 65.4 Å². The molecule has 0 saturated carbocycles. The number of likely N-dealkylation sites (N-methyl/N-ethyl adjacent to an activating group) is 1. The molecule has 3 heterocycles. The fourth-order valence-corrected chi connectivity index (χ4v) is 4.42. The third-order valence-corrected chi connectivity index (χ3v) is 5.43. The van der Waals surface area contributed by atoms with E-state index in [0.717, 1.165) is 35.4 Å². The predicted molar refractivity (Wildman–Crippen MR) is 95.3 cm³/mol. The Kier molecular flexibility index (Phi) is 2.71. The van der Waals surface area contributed by atoms with E-state index < -0.39 is 5.54 Å². The van der Waals surface area contributed by atoms with Crippen LogP contribution in [0.3, 0.4) is 0 Å². The maximum Gasteiger partial charge on any atom is 0.258 e. The Morgan fingerprint density at radius 1 is 1.12 bits per heavy atom. The summed E-state index contributed by atoms with van der Waals surface area (Å²) in [7, 11) is 0. The van der Waals surface area contributed by atoms with Crippen LogP contribution in [-0.4, -0.2) is 24.0 Å². The predicted octanol–water partition coefficient (Wildman–Crippen LogP) is 2.92. The highest BCUT2D eigenvalue weighted by Gasteiger charge is 2.54. The molecule has 1 spiro atoms. The van der Waals surface area contributed by atoms with Gasteiger partial charge in [-0.25, -0.2) is 0 Å². The van der Waals surface area contributed by atoms with Crippen molar-refractivity contribution in [2.24, 2.45) is 0 Å². The monoisotopic (exact) mass is 317 g/mol. The van der Waals surface area contributed by atoms with E-state index in [4.69, 9.17) is 0 Å². The van der Waals surface area contributed by atoms with Crippen LogP contribution in [0.2, 0.25) is 0 Å². The summed E-state index contributed by atoms with van der Waals surface area (Å²) in [4.78, 5) is 18.9. The molecule has 4 heteroatoms. The second-order valence-electron chi connectivity index (χ2n) is 6.52. The Labute approximate surface area is 140 Å². The number of H-pyrrole nitrogens is 1. The molecule has 3 aromatic rings. The van der Waals surface area contributed by atoms with Gasteiger partial charge in [0.2, 0.25) is 0 Å². The van der Waals surface area contributed by atoms with Gasteiger partial charge in [-0.15, -0.1) is 0 Å². The second-order valence-corrected chi connectivity index (χ2v) is 6.52. The van der Waals surface area contributed by atoms with Crippen molar-refractivity contribution in [2.45, 2.75) is 18.9 Å². The van der Waals surface area contributed by atoms with Crippen molar-refractivity contribution in [1.29, 1.82) is 0 Å². The lowest BCUT2D eigenvalue weighted by atomic mass is 9.82. The molecule has 0 radical (unpaired) electrons. The Morgan fingerprint density at radius 2 is 1.92 bits per heavy atom. The lowest BCUT2D eigenvalue weighted by Crippen LogP contribution is -2.55. The van der Waals surface area contributed by atoms with Crippen LogP contribution in [-0.2, 0) is 16.8 Å². The van der Waals surface area contributed by atoms with E-state index in [2.05, 4.69) is 34.6 Å². The molecule has 1 atom stereocenters. The summed E-state index contributed by atoms with van der Waals surface area (Å²) in [6.45, 7) is 3.50. The van der Waals surface area contributed by atoms with E-state index in [1.54, 1.807) is 0 Å². The minimum atomic E-state index is -0.779. The SMILES string of the molecule is CCN1C(=O)C2(NCCc3c2[nH]c2ccccc32)c2ccccc21. The number of carbonyl (C=O) groups excluding carboxylic acids is 1. The minimum absolute atomic E-state index is 0.124. The molecule has 4 nitrogen and oxygen atoms in total. The molecular formula is C20H19N3O. The van der Waals surface area contributed by atoms with Crippen molar-refractivity contribution in [1.82, 2.24) is 10.3 Å². The van der Waals surface area contributed by atoms with Gasteiger partial charge in [0, 0.05) is 35.2 Å². The van der Waals surface area contributed by atoms with Gasteiger partial charge >= 0.3 is 0 Å². The molecule has 0 bridgehead atoms.